The van der Waals surface area contributed by atoms with Crippen LogP contribution in [0.3, 0.4) is 0 Å². The van der Waals surface area contributed by atoms with Crippen molar-refractivity contribution in [2.75, 3.05) is 4.90 Å². The summed E-state index contributed by atoms with van der Waals surface area (Å²) in [5.41, 5.74) is 0.0210. The lowest BCUT2D eigenvalue weighted by molar-refractivity contribution is -0.139. The lowest BCUT2D eigenvalue weighted by Crippen LogP contribution is -2.13. The topological polar surface area (TPSA) is 47.3 Å². The highest BCUT2D eigenvalue weighted by Crippen LogP contribution is 2.39. The van der Waals surface area contributed by atoms with Crippen LogP contribution < -0.4 is 4.90 Å². The van der Waals surface area contributed by atoms with Gasteiger partial charge in [0.15, 0.2) is 0 Å². The molecule has 0 aliphatic carbocycles. The number of aromatic hydroxyl groups is 1. The van der Waals surface area contributed by atoms with Crippen LogP contribution in [0.4, 0.5) is 34.6 Å². The number of phenolic OH excluding ortho intramolecular Hbond substituents is 1. The van der Waals surface area contributed by atoms with Gasteiger partial charge in [-0.1, -0.05) is 0 Å². The van der Waals surface area contributed by atoms with Crippen molar-refractivity contribution in [2.45, 2.75) is 6.18 Å². The van der Waals surface area contributed by atoms with E-state index in [1.54, 1.807) is 12.1 Å². The van der Waals surface area contributed by atoms with Crippen molar-refractivity contribution in [3.05, 3.63) is 83.7 Å². The van der Waals surface area contributed by atoms with Crippen molar-refractivity contribution in [1.82, 2.24) is 0 Å². The van der Waals surface area contributed by atoms with Crippen LogP contribution >= 0.6 is 0 Å². The van der Waals surface area contributed by atoms with Crippen LogP contribution in [-0.4, -0.2) is 5.11 Å². The molecule has 0 unspecified atom stereocenters. The molecule has 0 saturated carbocycles. The fourth-order valence-electron chi connectivity index (χ4n) is 2.60. The third-order valence-electron chi connectivity index (χ3n) is 3.88. The van der Waals surface area contributed by atoms with Crippen LogP contribution in [0, 0.1) is 17.1 Å². The maximum absolute atomic E-state index is 13.7. The predicted molar refractivity (Wildman–Crippen MR) is 92.5 cm³/mol. The number of alkyl halides is 3. The van der Waals surface area contributed by atoms with Gasteiger partial charge in [-0.2, -0.15) is 18.4 Å². The number of nitriles is 1. The van der Waals surface area contributed by atoms with Crippen LogP contribution in [-0.2, 0) is 6.18 Å². The van der Waals surface area contributed by atoms with E-state index in [4.69, 9.17) is 5.26 Å². The Labute approximate surface area is 152 Å². The quantitative estimate of drug-likeness (QED) is 0.583. The number of benzene rings is 3. The molecule has 0 saturated heterocycles. The van der Waals surface area contributed by atoms with Gasteiger partial charge in [-0.25, -0.2) is 4.39 Å². The summed E-state index contributed by atoms with van der Waals surface area (Å²) in [5.74, 6) is -1.37. The third-order valence-corrected chi connectivity index (χ3v) is 3.88. The Morgan fingerprint density at radius 3 is 1.85 bits per heavy atom. The molecule has 27 heavy (non-hydrogen) atoms. The fourth-order valence-corrected chi connectivity index (χ4v) is 2.60. The first-order chi connectivity index (χ1) is 12.8. The molecule has 7 heteroatoms. The Bertz CT molecular complexity index is 990. The van der Waals surface area contributed by atoms with Gasteiger partial charge in [0, 0.05) is 17.1 Å². The molecule has 0 bridgehead atoms. The van der Waals surface area contributed by atoms with E-state index >= 15 is 0 Å². The molecule has 0 fully saturated rings. The summed E-state index contributed by atoms with van der Waals surface area (Å²) < 4.78 is 53.0. The number of anilines is 3. The van der Waals surface area contributed by atoms with E-state index in [0.29, 0.717) is 16.9 Å². The molecule has 3 rings (SSSR count). The van der Waals surface area contributed by atoms with Gasteiger partial charge >= 0.3 is 6.18 Å². The minimum absolute atomic E-state index is 0.00591. The van der Waals surface area contributed by atoms with Crippen molar-refractivity contribution >= 4 is 17.1 Å². The summed E-state index contributed by atoms with van der Waals surface area (Å²) in [6, 6.07) is 16.7. The highest BCUT2D eigenvalue weighted by Gasteiger charge is 2.34. The molecule has 3 nitrogen and oxygen atoms in total. The van der Waals surface area contributed by atoms with Gasteiger partial charge in [0.2, 0.25) is 0 Å². The fraction of sp³-hybridized carbons (Fsp3) is 0.0500. The zero-order chi connectivity index (χ0) is 19.6. The lowest BCUT2D eigenvalue weighted by atomic mass is 10.1. The van der Waals surface area contributed by atoms with E-state index in [2.05, 4.69) is 0 Å². The smallest absolute Gasteiger partial charge is 0.419 e. The third kappa shape index (κ3) is 3.85. The molecule has 136 valence electrons. The van der Waals surface area contributed by atoms with Crippen molar-refractivity contribution in [3.8, 4) is 11.8 Å². The van der Waals surface area contributed by atoms with Crippen LogP contribution in [0.25, 0.3) is 0 Å². The summed E-state index contributed by atoms with van der Waals surface area (Å²) in [7, 11) is 0. The van der Waals surface area contributed by atoms with Crippen LogP contribution in [0.15, 0.2) is 66.7 Å². The maximum Gasteiger partial charge on any atom is 0.419 e. The minimum atomic E-state index is -4.84. The molecule has 0 atom stereocenters. The van der Waals surface area contributed by atoms with E-state index in [9.17, 15) is 22.7 Å². The summed E-state index contributed by atoms with van der Waals surface area (Å²) in [4.78, 5) is 1.47. The SMILES string of the molecule is N#Cc1ccc(N(c2ccc(O)cc2)c2ccc(F)c(C(F)(F)F)c2)cc1. The maximum atomic E-state index is 13.7. The highest BCUT2D eigenvalue weighted by atomic mass is 19.4. The molecule has 3 aromatic carbocycles. The molecule has 0 spiro atoms. The number of hydrogen-bond donors (Lipinski definition) is 1. The molecular weight excluding hydrogens is 360 g/mol. The van der Waals surface area contributed by atoms with Gasteiger partial charge in [-0.15, -0.1) is 0 Å². The number of phenols is 1. The number of halogens is 4. The molecule has 1 N–H and O–H groups in total. The molecular formula is C20H12F4N2O. The summed E-state index contributed by atoms with van der Waals surface area (Å²) in [6.45, 7) is 0. The molecule has 0 aliphatic heterocycles. The van der Waals surface area contributed by atoms with Crippen LogP contribution in [0.2, 0.25) is 0 Å². The van der Waals surface area contributed by atoms with Gasteiger partial charge in [-0.3, -0.25) is 0 Å². The van der Waals surface area contributed by atoms with Gasteiger partial charge in [0.1, 0.15) is 11.6 Å². The molecule has 0 aromatic heterocycles. The summed E-state index contributed by atoms with van der Waals surface area (Å²) >= 11 is 0. The van der Waals surface area contributed by atoms with Crippen molar-refractivity contribution in [3.63, 3.8) is 0 Å². The molecule has 0 radical (unpaired) electrons. The predicted octanol–water partition coefficient (Wildman–Crippen LogP) is 5.89. The van der Waals surface area contributed by atoms with Gasteiger partial charge < -0.3 is 10.0 Å². The largest absolute Gasteiger partial charge is 0.508 e. The van der Waals surface area contributed by atoms with Crippen molar-refractivity contribution in [1.29, 1.82) is 5.26 Å². The van der Waals surface area contributed by atoms with E-state index in [1.165, 1.54) is 47.4 Å². The van der Waals surface area contributed by atoms with E-state index in [-0.39, 0.29) is 11.4 Å². The molecule has 0 amide bonds. The molecule has 0 heterocycles. The number of rotatable bonds is 3. The van der Waals surface area contributed by atoms with Crippen LogP contribution in [0.1, 0.15) is 11.1 Å². The second-order valence-corrected chi connectivity index (χ2v) is 5.67. The first-order valence-corrected chi connectivity index (χ1v) is 7.75. The average molecular weight is 372 g/mol. The number of nitrogens with zero attached hydrogens (tertiary/aromatic N) is 2. The Morgan fingerprint density at radius 1 is 0.815 bits per heavy atom. The van der Waals surface area contributed by atoms with Crippen molar-refractivity contribution in [2.24, 2.45) is 0 Å². The first kappa shape index (κ1) is 18.3. The standard InChI is InChI=1S/C20H12F4N2O/c21-19-10-7-16(11-18(19)20(22,23)24)26(15-5-8-17(27)9-6-15)14-3-1-13(12-25)2-4-14/h1-11,27H. The lowest BCUT2D eigenvalue weighted by Gasteiger charge is -2.26. The monoisotopic (exact) mass is 372 g/mol. The van der Waals surface area contributed by atoms with E-state index in [1.807, 2.05) is 6.07 Å². The average Bonchev–Trinajstić information content (AvgIpc) is 2.64. The summed E-state index contributed by atoms with van der Waals surface area (Å²) in [6.07, 6.45) is -4.84. The Kier molecular flexibility index (Phi) is 4.74. The zero-order valence-corrected chi connectivity index (χ0v) is 13.7. The Hall–Kier alpha value is -3.53. The first-order valence-electron chi connectivity index (χ1n) is 7.75. The zero-order valence-electron chi connectivity index (χ0n) is 13.7. The molecule has 3 aromatic rings. The summed E-state index contributed by atoms with van der Waals surface area (Å²) in [5, 5.41) is 18.4. The highest BCUT2D eigenvalue weighted by molar-refractivity contribution is 5.77. The number of hydrogen-bond acceptors (Lipinski definition) is 3. The Balaban J connectivity index is 2.18. The van der Waals surface area contributed by atoms with E-state index < -0.39 is 17.6 Å². The van der Waals surface area contributed by atoms with Crippen LogP contribution in [0.5, 0.6) is 5.75 Å². The Morgan fingerprint density at radius 2 is 1.33 bits per heavy atom. The van der Waals surface area contributed by atoms with Gasteiger partial charge in [-0.05, 0) is 66.7 Å². The van der Waals surface area contributed by atoms with E-state index in [0.717, 1.165) is 12.1 Å². The van der Waals surface area contributed by atoms with Gasteiger partial charge in [0.05, 0.1) is 17.2 Å². The molecule has 0 aliphatic rings. The second-order valence-electron chi connectivity index (χ2n) is 5.67. The van der Waals surface area contributed by atoms with Crippen molar-refractivity contribution < 1.29 is 22.7 Å². The normalized spacial score (nSPS) is 11.1. The minimum Gasteiger partial charge on any atom is -0.508 e. The second kappa shape index (κ2) is 7.00. The van der Waals surface area contributed by atoms with Gasteiger partial charge in [0.25, 0.3) is 0 Å².